The fraction of sp³-hybridized carbons (Fsp3) is 0.269. The fourth-order valence-corrected chi connectivity index (χ4v) is 5.18. The zero-order valence-electron chi connectivity index (χ0n) is 19.4. The molecule has 0 saturated carbocycles. The minimum Gasteiger partial charge on any atom is -0.492 e. The van der Waals surface area contributed by atoms with Gasteiger partial charge in [0.2, 0.25) is 10.0 Å². The molecule has 7 nitrogen and oxygen atoms in total. The van der Waals surface area contributed by atoms with Crippen LogP contribution in [0, 0.1) is 6.92 Å². The molecule has 34 heavy (non-hydrogen) atoms. The van der Waals surface area contributed by atoms with Crippen molar-refractivity contribution in [2.45, 2.75) is 44.7 Å². The molecule has 4 rings (SSSR count). The van der Waals surface area contributed by atoms with Crippen molar-refractivity contribution in [3.05, 3.63) is 82.9 Å². The molecule has 1 amide bonds. The highest BCUT2D eigenvalue weighted by molar-refractivity contribution is 7.89. The first-order valence-electron chi connectivity index (χ1n) is 11.2. The number of sulfonamides is 1. The van der Waals surface area contributed by atoms with Crippen LogP contribution in [0.2, 0.25) is 0 Å². The molecule has 8 heteroatoms. The second-order valence-electron chi connectivity index (χ2n) is 8.27. The molecule has 1 heterocycles. The van der Waals surface area contributed by atoms with Crippen LogP contribution < -0.4 is 19.5 Å². The topological polar surface area (TPSA) is 93.7 Å². The van der Waals surface area contributed by atoms with Gasteiger partial charge in [-0.1, -0.05) is 36.4 Å². The maximum Gasteiger partial charge on any atom is 0.255 e. The van der Waals surface area contributed by atoms with E-state index in [2.05, 4.69) is 10.0 Å². The Morgan fingerprint density at radius 3 is 2.62 bits per heavy atom. The van der Waals surface area contributed by atoms with Crippen molar-refractivity contribution in [3.63, 3.8) is 0 Å². The first-order chi connectivity index (χ1) is 16.3. The highest BCUT2D eigenvalue weighted by atomic mass is 32.2. The minimum atomic E-state index is -3.82. The average molecular weight is 481 g/mol. The summed E-state index contributed by atoms with van der Waals surface area (Å²) in [6, 6.07) is 17.5. The molecule has 0 aliphatic carbocycles. The van der Waals surface area contributed by atoms with Gasteiger partial charge >= 0.3 is 0 Å². The van der Waals surface area contributed by atoms with Gasteiger partial charge in [0.15, 0.2) is 0 Å². The van der Waals surface area contributed by atoms with Crippen LogP contribution >= 0.6 is 0 Å². The molecule has 178 valence electrons. The number of ether oxygens (including phenoxy) is 2. The molecule has 1 atom stereocenters. The van der Waals surface area contributed by atoms with Crippen LogP contribution in [-0.2, 0) is 23.0 Å². The van der Waals surface area contributed by atoms with E-state index >= 15 is 0 Å². The SMILES string of the molecule is CCOc1cc2c(cc1NC(=O)c1ccc(C)c(S(=O)(=O)NCc3ccccc3)c1)O[C@H](C)C2. The summed E-state index contributed by atoms with van der Waals surface area (Å²) in [5.74, 6) is 0.826. The van der Waals surface area contributed by atoms with Crippen molar-refractivity contribution in [2.24, 2.45) is 0 Å². The second-order valence-corrected chi connectivity index (χ2v) is 10.0. The highest BCUT2D eigenvalue weighted by Crippen LogP contribution is 2.38. The Morgan fingerprint density at radius 1 is 1.12 bits per heavy atom. The zero-order chi connectivity index (χ0) is 24.3. The molecule has 0 spiro atoms. The predicted molar refractivity (Wildman–Crippen MR) is 131 cm³/mol. The largest absolute Gasteiger partial charge is 0.492 e. The Kier molecular flexibility index (Phi) is 6.90. The highest BCUT2D eigenvalue weighted by Gasteiger charge is 2.24. The van der Waals surface area contributed by atoms with Gasteiger partial charge in [0.25, 0.3) is 5.91 Å². The average Bonchev–Trinajstić information content (AvgIpc) is 3.17. The molecule has 0 aromatic heterocycles. The van der Waals surface area contributed by atoms with Gasteiger partial charge in [-0.05, 0) is 50.1 Å². The molecule has 1 aliphatic heterocycles. The summed E-state index contributed by atoms with van der Waals surface area (Å²) < 4.78 is 40.1. The number of benzene rings is 3. The van der Waals surface area contributed by atoms with Crippen molar-refractivity contribution in [2.75, 3.05) is 11.9 Å². The van der Waals surface area contributed by atoms with Crippen molar-refractivity contribution >= 4 is 21.6 Å². The summed E-state index contributed by atoms with van der Waals surface area (Å²) in [7, 11) is -3.82. The summed E-state index contributed by atoms with van der Waals surface area (Å²) in [6.07, 6.45) is 0.836. The number of fused-ring (bicyclic) bond motifs is 1. The lowest BCUT2D eigenvalue weighted by Crippen LogP contribution is -2.24. The van der Waals surface area contributed by atoms with Crippen molar-refractivity contribution in [1.29, 1.82) is 0 Å². The van der Waals surface area contributed by atoms with Crippen molar-refractivity contribution in [3.8, 4) is 11.5 Å². The summed E-state index contributed by atoms with van der Waals surface area (Å²) in [4.78, 5) is 13.1. The predicted octanol–water partition coefficient (Wildman–Crippen LogP) is 4.45. The number of rotatable bonds is 8. The van der Waals surface area contributed by atoms with Gasteiger partial charge in [-0.15, -0.1) is 0 Å². The number of hydrogen-bond donors (Lipinski definition) is 2. The van der Waals surface area contributed by atoms with E-state index in [1.165, 1.54) is 6.07 Å². The standard InChI is InChI=1S/C26H28N2O5S/c1-4-32-24-13-21-12-18(3)33-23(21)15-22(24)28-26(29)20-11-10-17(2)25(14-20)34(30,31)27-16-19-8-6-5-7-9-19/h5-11,13-15,18,27H,4,12,16H2,1-3H3,(H,28,29)/t18-/m1/s1. The number of anilines is 1. The Hall–Kier alpha value is -3.36. The monoisotopic (exact) mass is 480 g/mol. The number of hydrogen-bond acceptors (Lipinski definition) is 5. The van der Waals surface area contributed by atoms with E-state index in [-0.39, 0.29) is 23.1 Å². The van der Waals surface area contributed by atoms with Crippen LogP contribution in [0.3, 0.4) is 0 Å². The summed E-state index contributed by atoms with van der Waals surface area (Å²) >= 11 is 0. The van der Waals surface area contributed by atoms with Gasteiger partial charge in [-0.2, -0.15) is 0 Å². The molecule has 1 aliphatic rings. The van der Waals surface area contributed by atoms with Gasteiger partial charge < -0.3 is 14.8 Å². The van der Waals surface area contributed by atoms with Gasteiger partial charge in [-0.25, -0.2) is 13.1 Å². The molecule has 0 unspecified atom stereocenters. The maximum atomic E-state index is 13.1. The number of aryl methyl sites for hydroxylation is 1. The quantitative estimate of drug-likeness (QED) is 0.497. The fourth-order valence-electron chi connectivity index (χ4n) is 3.89. The number of amides is 1. The third-order valence-corrected chi connectivity index (χ3v) is 7.14. The number of carbonyl (C=O) groups excluding carboxylic acids is 1. The van der Waals surface area contributed by atoms with E-state index in [0.29, 0.717) is 29.4 Å². The molecular weight excluding hydrogens is 452 g/mol. The first kappa shape index (κ1) is 23.8. The van der Waals surface area contributed by atoms with E-state index in [4.69, 9.17) is 9.47 Å². The normalized spacial score (nSPS) is 14.9. The smallest absolute Gasteiger partial charge is 0.255 e. The summed E-state index contributed by atoms with van der Waals surface area (Å²) in [5, 5.41) is 2.85. The molecule has 0 bridgehead atoms. The van der Waals surface area contributed by atoms with Crippen LogP contribution in [0.15, 0.2) is 65.6 Å². The zero-order valence-corrected chi connectivity index (χ0v) is 20.2. The molecule has 0 radical (unpaired) electrons. The van der Waals surface area contributed by atoms with Crippen LogP contribution in [-0.4, -0.2) is 27.0 Å². The summed E-state index contributed by atoms with van der Waals surface area (Å²) in [5.41, 5.74) is 3.12. The molecule has 3 aromatic carbocycles. The second kappa shape index (κ2) is 9.87. The van der Waals surface area contributed by atoms with E-state index in [1.54, 1.807) is 25.1 Å². The van der Waals surface area contributed by atoms with Crippen LogP contribution in [0.25, 0.3) is 0 Å². The molecule has 3 aromatic rings. The Morgan fingerprint density at radius 2 is 1.88 bits per heavy atom. The van der Waals surface area contributed by atoms with Crippen LogP contribution in [0.1, 0.15) is 40.9 Å². The lowest BCUT2D eigenvalue weighted by atomic mass is 10.1. The molecule has 0 fully saturated rings. The van der Waals surface area contributed by atoms with E-state index in [9.17, 15) is 13.2 Å². The van der Waals surface area contributed by atoms with Crippen molar-refractivity contribution in [1.82, 2.24) is 4.72 Å². The molecule has 2 N–H and O–H groups in total. The minimum absolute atomic E-state index is 0.0590. The Labute approximate surface area is 200 Å². The third kappa shape index (κ3) is 5.24. The molecular formula is C26H28N2O5S. The van der Waals surface area contributed by atoms with Gasteiger partial charge in [0.1, 0.15) is 17.6 Å². The van der Waals surface area contributed by atoms with E-state index < -0.39 is 15.9 Å². The van der Waals surface area contributed by atoms with Crippen molar-refractivity contribution < 1.29 is 22.7 Å². The van der Waals surface area contributed by atoms with Gasteiger partial charge in [-0.3, -0.25) is 4.79 Å². The van der Waals surface area contributed by atoms with Gasteiger partial charge in [0, 0.05) is 30.2 Å². The lowest BCUT2D eigenvalue weighted by Gasteiger charge is -2.15. The lowest BCUT2D eigenvalue weighted by molar-refractivity contribution is 0.102. The Bertz CT molecular complexity index is 1310. The Balaban J connectivity index is 1.57. The summed E-state index contributed by atoms with van der Waals surface area (Å²) in [6.45, 7) is 6.16. The maximum absolute atomic E-state index is 13.1. The van der Waals surface area contributed by atoms with E-state index in [0.717, 1.165) is 17.5 Å². The number of nitrogens with one attached hydrogen (secondary N) is 2. The number of carbonyl (C=O) groups is 1. The van der Waals surface area contributed by atoms with E-state index in [1.807, 2.05) is 50.2 Å². The molecule has 0 saturated heterocycles. The first-order valence-corrected chi connectivity index (χ1v) is 12.7. The van der Waals surface area contributed by atoms with Crippen LogP contribution in [0.4, 0.5) is 5.69 Å². The van der Waals surface area contributed by atoms with Crippen LogP contribution in [0.5, 0.6) is 11.5 Å². The third-order valence-electron chi connectivity index (χ3n) is 5.60. The van der Waals surface area contributed by atoms with Gasteiger partial charge in [0.05, 0.1) is 17.2 Å².